The molecule has 0 fully saturated rings. The molecule has 0 aromatic heterocycles. The van der Waals surface area contributed by atoms with Crippen molar-refractivity contribution in [3.05, 3.63) is 160 Å². The minimum absolute atomic E-state index is 0. The maximum atomic E-state index is 2.30. The topological polar surface area (TPSA) is 0 Å². The van der Waals surface area contributed by atoms with Gasteiger partial charge in [-0.05, 0) is 11.5 Å². The Hall–Kier alpha value is -1.73. The summed E-state index contributed by atoms with van der Waals surface area (Å²) in [6, 6.07) is 33.9. The summed E-state index contributed by atoms with van der Waals surface area (Å²) in [5, 5.41) is 2.76. The Morgan fingerprint density at radius 1 is 0.677 bits per heavy atom. The van der Waals surface area contributed by atoms with E-state index in [0.29, 0.717) is 5.92 Å². The van der Waals surface area contributed by atoms with Crippen LogP contribution in [-0.4, -0.2) is 0 Å². The summed E-state index contributed by atoms with van der Waals surface area (Å²) < 4.78 is 0. The summed E-state index contributed by atoms with van der Waals surface area (Å²) in [6.07, 6.45) is 1.11. The van der Waals surface area contributed by atoms with E-state index in [2.05, 4.69) is 73.7 Å². The Bertz CT molecular complexity index is 793. The van der Waals surface area contributed by atoms with E-state index >= 15 is 0 Å². The molecule has 0 radical (unpaired) electrons. The Morgan fingerprint density at radius 3 is 1.71 bits per heavy atom. The van der Waals surface area contributed by atoms with Gasteiger partial charge in [-0.3, -0.25) is 0 Å². The molecule has 1 atom stereocenters. The van der Waals surface area contributed by atoms with Crippen molar-refractivity contribution in [3.8, 4) is 0 Å². The Kier molecular flexibility index (Phi) is 32.0. The Morgan fingerprint density at radius 2 is 1.19 bits per heavy atom. The normalized spacial score (nSPS) is 8.68. The van der Waals surface area contributed by atoms with E-state index in [1.54, 1.807) is 0 Å². The summed E-state index contributed by atoms with van der Waals surface area (Å²) in [4.78, 5) is 0. The Balaban J connectivity index is -0.000000108. The van der Waals surface area contributed by atoms with Gasteiger partial charge in [0.2, 0.25) is 0 Å². The van der Waals surface area contributed by atoms with Crippen LogP contribution in [-0.2, 0) is 32.3 Å². The number of rotatable bonds is 3. The van der Waals surface area contributed by atoms with Crippen LogP contribution in [0.5, 0.6) is 0 Å². The Labute approximate surface area is 215 Å². The molecule has 176 valence electrons. The average molecular weight is 582 g/mol. The maximum absolute atomic E-state index is 2.30. The van der Waals surface area contributed by atoms with Gasteiger partial charge < -0.3 is 52.0 Å². The van der Waals surface area contributed by atoms with Crippen molar-refractivity contribution in [3.63, 3.8) is 0 Å². The van der Waals surface area contributed by atoms with Crippen LogP contribution in [0.15, 0.2) is 97.1 Å². The first-order chi connectivity index (χ1) is 11.3. The van der Waals surface area contributed by atoms with E-state index in [0.717, 1.165) is 6.42 Å². The van der Waals surface area contributed by atoms with Crippen molar-refractivity contribution in [2.24, 2.45) is 0 Å². The molecule has 31 heavy (non-hydrogen) atoms. The first-order valence-electron chi connectivity index (χ1n) is 8.19. The van der Waals surface area contributed by atoms with Crippen molar-refractivity contribution in [1.82, 2.24) is 0 Å². The van der Waals surface area contributed by atoms with E-state index in [1.165, 1.54) is 21.9 Å². The first-order valence-corrected chi connectivity index (χ1v) is 8.19. The van der Waals surface area contributed by atoms with Gasteiger partial charge in [0.05, 0.1) is 0 Å². The van der Waals surface area contributed by atoms with Crippen LogP contribution in [0, 0.1) is 52.0 Å². The summed E-state index contributed by atoms with van der Waals surface area (Å²) in [5.41, 5.74) is 2.88. The largest absolute Gasteiger partial charge is 0.358 e. The fourth-order valence-corrected chi connectivity index (χ4v) is 2.94. The van der Waals surface area contributed by atoms with E-state index in [-0.39, 0.29) is 77.8 Å². The second kappa shape index (κ2) is 22.9. The summed E-state index contributed by atoms with van der Waals surface area (Å²) in [5.74, 6) is 0.567. The predicted molar refractivity (Wildman–Crippen MR) is 145 cm³/mol. The van der Waals surface area contributed by atoms with Gasteiger partial charge in [-0.1, -0.05) is 49.7 Å². The third kappa shape index (κ3) is 12.7. The maximum Gasteiger partial charge on any atom is 0 e. The van der Waals surface area contributed by atoms with Gasteiger partial charge in [-0.25, -0.2) is 12.1 Å². The standard InChI is InChI=1S/C18H17.C5H5.7CH3.Hf/c1-14(15-7-3-2-4-8-15)13-17-12-11-16-9-5-6-10-18(16)17;1-2-4-5-3-1;;;;;;;;/h2-12,14H,13H2,1H3;1-5H;7*1H3;/q9*-1;. The third-order valence-corrected chi connectivity index (χ3v) is 4.22. The van der Waals surface area contributed by atoms with E-state index in [1.807, 2.05) is 30.3 Å². The van der Waals surface area contributed by atoms with Gasteiger partial charge in [0, 0.05) is 25.8 Å². The summed E-state index contributed by atoms with van der Waals surface area (Å²) in [6.45, 7) is 2.30. The zero-order valence-electron chi connectivity index (χ0n) is 21.0. The first kappa shape index (κ1) is 43.2. The van der Waals surface area contributed by atoms with Gasteiger partial charge in [0.15, 0.2) is 0 Å². The van der Waals surface area contributed by atoms with Crippen molar-refractivity contribution in [1.29, 1.82) is 0 Å². The smallest absolute Gasteiger partial charge is 0 e. The van der Waals surface area contributed by atoms with Gasteiger partial charge in [0.1, 0.15) is 0 Å². The van der Waals surface area contributed by atoms with Crippen LogP contribution in [0.3, 0.4) is 0 Å². The molecule has 0 saturated carbocycles. The van der Waals surface area contributed by atoms with Gasteiger partial charge in [0.25, 0.3) is 0 Å². The van der Waals surface area contributed by atoms with Crippen LogP contribution < -0.4 is 0 Å². The molecule has 4 aromatic rings. The molecule has 0 amide bonds. The molecular formula is C30H43Hf-9. The molecule has 0 aliphatic carbocycles. The number of hydrogen-bond acceptors (Lipinski definition) is 0. The number of fused-ring (bicyclic) bond motifs is 1. The summed E-state index contributed by atoms with van der Waals surface area (Å²) in [7, 11) is 0. The minimum Gasteiger partial charge on any atom is -0.358 e. The SMILES string of the molecule is CC(C[c-]1ccc2ccccc21)c1ccccc1.[CH3-].[CH3-].[CH3-].[CH3-].[CH3-].[CH3-].[CH3-].[Hf].c1cc[cH-]c1. The molecule has 0 aliphatic heterocycles. The molecule has 0 nitrogen and oxygen atoms in total. The zero-order valence-corrected chi connectivity index (χ0v) is 24.6. The van der Waals surface area contributed by atoms with Crippen molar-refractivity contribution < 1.29 is 25.8 Å². The second-order valence-corrected chi connectivity index (χ2v) is 5.92. The summed E-state index contributed by atoms with van der Waals surface area (Å²) >= 11 is 0. The molecule has 1 heteroatoms. The van der Waals surface area contributed by atoms with Crippen LogP contribution in [0.1, 0.15) is 24.0 Å². The molecule has 0 aliphatic rings. The zero-order chi connectivity index (χ0) is 15.9. The average Bonchev–Trinajstić information content (AvgIpc) is 3.29. The van der Waals surface area contributed by atoms with E-state index in [9.17, 15) is 0 Å². The molecule has 4 aromatic carbocycles. The second-order valence-electron chi connectivity index (χ2n) is 5.92. The monoisotopic (exact) mass is 583 g/mol. The van der Waals surface area contributed by atoms with Crippen molar-refractivity contribution in [2.75, 3.05) is 0 Å². The van der Waals surface area contributed by atoms with Crippen LogP contribution in [0.25, 0.3) is 10.8 Å². The quantitative estimate of drug-likeness (QED) is 0.167. The fraction of sp³-hybridized carbons (Fsp3) is 0.100. The molecule has 0 spiro atoms. The van der Waals surface area contributed by atoms with Gasteiger partial charge >= 0.3 is 0 Å². The van der Waals surface area contributed by atoms with E-state index in [4.69, 9.17) is 0 Å². The van der Waals surface area contributed by atoms with Crippen LogP contribution in [0.4, 0.5) is 0 Å². The van der Waals surface area contributed by atoms with Crippen LogP contribution in [0.2, 0.25) is 0 Å². The predicted octanol–water partition coefficient (Wildman–Crippen LogP) is 9.46. The van der Waals surface area contributed by atoms with E-state index < -0.39 is 0 Å². The molecule has 0 saturated heterocycles. The van der Waals surface area contributed by atoms with Gasteiger partial charge in [-0.15, -0.1) is 40.6 Å². The molecular weight excluding hydrogens is 539 g/mol. The number of benzene rings is 2. The molecule has 0 N–H and O–H groups in total. The third-order valence-electron chi connectivity index (χ3n) is 4.22. The minimum atomic E-state index is 0. The molecule has 0 heterocycles. The number of hydrogen-bond donors (Lipinski definition) is 0. The van der Waals surface area contributed by atoms with Crippen LogP contribution >= 0.6 is 0 Å². The molecule has 4 rings (SSSR count). The van der Waals surface area contributed by atoms with Crippen molar-refractivity contribution in [2.45, 2.75) is 19.3 Å². The van der Waals surface area contributed by atoms with Crippen molar-refractivity contribution >= 4 is 10.8 Å². The molecule has 1 unspecified atom stereocenters. The van der Waals surface area contributed by atoms with Gasteiger partial charge in [-0.2, -0.15) is 24.3 Å². The fourth-order valence-electron chi connectivity index (χ4n) is 2.94. The molecule has 0 bridgehead atoms.